The first-order valence-corrected chi connectivity index (χ1v) is 20.4. The summed E-state index contributed by atoms with van der Waals surface area (Å²) in [7, 11) is 0. The average molecular weight is 761 g/mol. The maximum Gasteiger partial charge on any atom is 0.404 e. The van der Waals surface area contributed by atoms with Crippen LogP contribution in [0.2, 0.25) is 0 Å². The van der Waals surface area contributed by atoms with E-state index in [9.17, 15) is 24.3 Å². The van der Waals surface area contributed by atoms with Gasteiger partial charge in [0.15, 0.2) is 0 Å². The lowest BCUT2D eigenvalue weighted by Gasteiger charge is -2.46. The molecule has 1 saturated carbocycles. The standard InChI is InChI=1S/C43H55F3N6O3/c44-36-8-4-7-34(25-36)42(30-47,38-9-5-10-39(38)48-41(54)55)32-17-22-50(23-18-32)26-31-16-24-51(27-31)37-14-12-33(13-15-37)43(45,46)35-28-52(29-35)40(53)11-6-21-49-19-2-1-3-20-49/h4,6-8,11-15,25,31-32,35,38-39,48H,1-3,5,9-10,16-24,26-29H2,(H,54,55)/b11-6+/t31?,38-,39-,42?/m0/s1. The fourth-order valence-electron chi connectivity index (χ4n) is 10.3. The Morgan fingerprint density at radius 2 is 1.60 bits per heavy atom. The average Bonchev–Trinajstić information content (AvgIpc) is 3.82. The molecule has 55 heavy (non-hydrogen) atoms. The van der Waals surface area contributed by atoms with Crippen molar-refractivity contribution < 1.29 is 27.9 Å². The third-order valence-corrected chi connectivity index (χ3v) is 13.3. The summed E-state index contributed by atoms with van der Waals surface area (Å²) in [5, 5.41) is 23.1. The van der Waals surface area contributed by atoms with Gasteiger partial charge in [-0.3, -0.25) is 9.69 Å². The molecule has 0 radical (unpaired) electrons. The number of likely N-dealkylation sites (tertiary alicyclic amines) is 3. The molecule has 2 aromatic rings. The number of nitrogens with zero attached hydrogens (tertiary/aromatic N) is 5. The zero-order valence-electron chi connectivity index (χ0n) is 31.7. The van der Waals surface area contributed by atoms with Crippen LogP contribution in [0, 0.1) is 40.8 Å². The van der Waals surface area contributed by atoms with E-state index in [0.29, 0.717) is 24.3 Å². The highest BCUT2D eigenvalue weighted by molar-refractivity contribution is 5.88. The number of halogens is 3. The molecule has 4 heterocycles. The number of rotatable bonds is 12. The maximum absolute atomic E-state index is 15.5. The molecule has 12 heteroatoms. The van der Waals surface area contributed by atoms with Crippen LogP contribution in [0.15, 0.2) is 60.7 Å². The molecule has 2 amide bonds. The van der Waals surface area contributed by atoms with Gasteiger partial charge >= 0.3 is 6.09 Å². The van der Waals surface area contributed by atoms with Crippen molar-refractivity contribution in [1.82, 2.24) is 20.0 Å². The van der Waals surface area contributed by atoms with Gasteiger partial charge in [-0.2, -0.15) is 5.26 Å². The smallest absolute Gasteiger partial charge is 0.404 e. The van der Waals surface area contributed by atoms with Gasteiger partial charge in [0.25, 0.3) is 5.92 Å². The monoisotopic (exact) mass is 760 g/mol. The number of benzene rings is 2. The van der Waals surface area contributed by atoms with Crippen molar-refractivity contribution >= 4 is 17.7 Å². The number of carbonyl (C=O) groups excluding carboxylic acids is 1. The van der Waals surface area contributed by atoms with E-state index in [2.05, 4.69) is 26.1 Å². The summed E-state index contributed by atoms with van der Waals surface area (Å²) in [6.07, 6.45) is 10.6. The normalized spacial score (nSPS) is 25.8. The van der Waals surface area contributed by atoms with E-state index in [1.807, 2.05) is 12.1 Å². The first-order valence-electron chi connectivity index (χ1n) is 20.4. The molecule has 4 saturated heterocycles. The zero-order valence-corrected chi connectivity index (χ0v) is 31.7. The lowest BCUT2D eigenvalue weighted by molar-refractivity contribution is -0.151. The quantitative estimate of drug-likeness (QED) is 0.228. The lowest BCUT2D eigenvalue weighted by Crippen LogP contribution is -2.55. The third-order valence-electron chi connectivity index (χ3n) is 13.3. The molecule has 4 aliphatic heterocycles. The van der Waals surface area contributed by atoms with Crippen LogP contribution in [0.3, 0.4) is 0 Å². The summed E-state index contributed by atoms with van der Waals surface area (Å²) in [4.78, 5) is 32.8. The van der Waals surface area contributed by atoms with Crippen LogP contribution in [0.1, 0.15) is 68.9 Å². The molecule has 2 aromatic carbocycles. The van der Waals surface area contributed by atoms with Crippen molar-refractivity contribution in [2.75, 3.05) is 70.3 Å². The van der Waals surface area contributed by atoms with Gasteiger partial charge in [0.2, 0.25) is 5.91 Å². The summed E-state index contributed by atoms with van der Waals surface area (Å²) in [6.45, 7) is 7.09. The van der Waals surface area contributed by atoms with Crippen LogP contribution in [-0.2, 0) is 16.1 Å². The molecular weight excluding hydrogens is 706 g/mol. The van der Waals surface area contributed by atoms with Gasteiger partial charge in [0, 0.05) is 68.6 Å². The molecule has 2 N–H and O–H groups in total. The first kappa shape index (κ1) is 39.2. The fourth-order valence-corrected chi connectivity index (χ4v) is 10.3. The van der Waals surface area contributed by atoms with E-state index < -0.39 is 29.2 Å². The van der Waals surface area contributed by atoms with Crippen molar-refractivity contribution in [3.05, 3.63) is 77.6 Å². The van der Waals surface area contributed by atoms with Gasteiger partial charge in [0.05, 0.1) is 17.4 Å². The summed E-state index contributed by atoms with van der Waals surface area (Å²) in [5.41, 5.74) is 0.565. The fraction of sp³-hybridized carbons (Fsp3) is 0.605. The maximum atomic E-state index is 15.5. The minimum Gasteiger partial charge on any atom is -0.465 e. The molecule has 2 unspecified atom stereocenters. The minimum absolute atomic E-state index is 0.0121. The van der Waals surface area contributed by atoms with E-state index in [-0.39, 0.29) is 42.4 Å². The number of carbonyl (C=O) groups is 2. The van der Waals surface area contributed by atoms with Crippen molar-refractivity contribution in [1.29, 1.82) is 5.26 Å². The second-order valence-electron chi connectivity index (χ2n) is 16.6. The number of piperidine rings is 2. The number of nitrogens with one attached hydrogen (secondary N) is 1. The van der Waals surface area contributed by atoms with Crippen LogP contribution in [0.5, 0.6) is 0 Å². The van der Waals surface area contributed by atoms with Crippen LogP contribution >= 0.6 is 0 Å². The Hall–Kier alpha value is -4.08. The van der Waals surface area contributed by atoms with E-state index in [1.165, 1.54) is 54.5 Å². The van der Waals surface area contributed by atoms with E-state index >= 15 is 8.78 Å². The molecule has 5 fully saturated rings. The van der Waals surface area contributed by atoms with Crippen molar-refractivity contribution in [3.8, 4) is 6.07 Å². The van der Waals surface area contributed by atoms with Gasteiger partial charge in [-0.1, -0.05) is 43.2 Å². The Morgan fingerprint density at radius 1 is 0.855 bits per heavy atom. The van der Waals surface area contributed by atoms with Crippen LogP contribution in [0.25, 0.3) is 0 Å². The van der Waals surface area contributed by atoms with Gasteiger partial charge in [-0.25, -0.2) is 18.0 Å². The van der Waals surface area contributed by atoms with Crippen LogP contribution in [0.4, 0.5) is 23.7 Å². The Morgan fingerprint density at radius 3 is 2.29 bits per heavy atom. The van der Waals surface area contributed by atoms with Crippen molar-refractivity contribution in [3.63, 3.8) is 0 Å². The molecule has 7 rings (SSSR count). The second-order valence-corrected chi connectivity index (χ2v) is 16.6. The number of hydrogen-bond acceptors (Lipinski definition) is 6. The van der Waals surface area contributed by atoms with Gasteiger partial charge in [-0.05, 0) is 113 Å². The predicted octanol–water partition coefficient (Wildman–Crippen LogP) is 6.85. The molecule has 4 atom stereocenters. The van der Waals surface area contributed by atoms with E-state index in [1.54, 1.807) is 18.2 Å². The Labute approximate surface area is 323 Å². The largest absolute Gasteiger partial charge is 0.465 e. The molecule has 296 valence electrons. The van der Waals surface area contributed by atoms with Gasteiger partial charge in [-0.15, -0.1) is 0 Å². The van der Waals surface area contributed by atoms with Crippen LogP contribution in [-0.4, -0.2) is 103 Å². The summed E-state index contributed by atoms with van der Waals surface area (Å²) < 4.78 is 45.6. The Kier molecular flexibility index (Phi) is 12.1. The van der Waals surface area contributed by atoms with Gasteiger partial charge in [0.1, 0.15) is 5.82 Å². The highest BCUT2D eigenvalue weighted by atomic mass is 19.3. The second kappa shape index (κ2) is 17.0. The Bertz CT molecular complexity index is 1710. The van der Waals surface area contributed by atoms with Crippen molar-refractivity contribution in [2.24, 2.45) is 23.7 Å². The zero-order chi connectivity index (χ0) is 38.6. The molecule has 0 aromatic heterocycles. The van der Waals surface area contributed by atoms with E-state index in [4.69, 9.17) is 0 Å². The molecule has 0 spiro atoms. The molecule has 9 nitrogen and oxygen atoms in total. The van der Waals surface area contributed by atoms with E-state index in [0.717, 1.165) is 83.7 Å². The summed E-state index contributed by atoms with van der Waals surface area (Å²) >= 11 is 0. The number of carboxylic acid groups (broad SMARTS) is 1. The number of anilines is 1. The molecule has 5 aliphatic rings. The summed E-state index contributed by atoms with van der Waals surface area (Å²) in [5.74, 6) is -4.37. The van der Waals surface area contributed by atoms with Crippen LogP contribution < -0.4 is 10.2 Å². The highest BCUT2D eigenvalue weighted by Crippen LogP contribution is 2.50. The predicted molar refractivity (Wildman–Crippen MR) is 205 cm³/mol. The molecule has 0 bridgehead atoms. The Balaban J connectivity index is 0.902. The first-order chi connectivity index (χ1) is 26.6. The van der Waals surface area contributed by atoms with Crippen molar-refractivity contribution in [2.45, 2.75) is 75.2 Å². The number of amides is 2. The lowest BCUT2D eigenvalue weighted by atomic mass is 9.59. The number of nitriles is 1. The summed E-state index contributed by atoms with van der Waals surface area (Å²) in [6, 6.07) is 15.3. The SMILES string of the molecule is N#CC(c1cccc(F)c1)(C1CCN(CC2CCN(c3ccc(C(F)(F)C4CN(C(=O)/C=C/CN5CCCCC5)C4)cc3)C2)CC1)[C@H]1CCC[C@@H]1NC(=O)O. The number of alkyl halides is 2. The molecule has 1 aliphatic carbocycles. The minimum atomic E-state index is -3.02. The highest BCUT2D eigenvalue weighted by Gasteiger charge is 2.53. The third kappa shape index (κ3) is 8.53. The number of hydrogen-bond donors (Lipinski definition) is 2. The topological polar surface area (TPSA) is 103 Å². The van der Waals surface area contributed by atoms with Gasteiger partial charge < -0.3 is 25.1 Å². The molecular formula is C43H55F3N6O3.